The predicted octanol–water partition coefficient (Wildman–Crippen LogP) is 5.09. The molecule has 104 valence electrons. The van der Waals surface area contributed by atoms with Crippen molar-refractivity contribution in [3.05, 3.63) is 64.6 Å². The van der Waals surface area contributed by atoms with Crippen LogP contribution >= 0.6 is 15.9 Å². The van der Waals surface area contributed by atoms with E-state index in [0.717, 1.165) is 32.7 Å². The van der Waals surface area contributed by atoms with Crippen molar-refractivity contribution in [2.45, 2.75) is 0 Å². The number of halogens is 1. The summed E-state index contributed by atoms with van der Waals surface area (Å²) in [6.07, 6.45) is 0.864. The van der Waals surface area contributed by atoms with E-state index in [4.69, 9.17) is 4.74 Å². The molecule has 0 saturated carbocycles. The van der Waals surface area contributed by atoms with Gasteiger partial charge in [-0.05, 0) is 52.2 Å². The van der Waals surface area contributed by atoms with Crippen LogP contribution in [0.3, 0.4) is 0 Å². The molecule has 0 aromatic heterocycles. The van der Waals surface area contributed by atoms with Crippen LogP contribution in [0, 0.1) is 0 Å². The maximum absolute atomic E-state index is 11.3. The van der Waals surface area contributed by atoms with Gasteiger partial charge >= 0.3 is 0 Å². The molecule has 0 atom stereocenters. The van der Waals surface area contributed by atoms with Gasteiger partial charge in [-0.25, -0.2) is 0 Å². The second-order valence-corrected chi connectivity index (χ2v) is 5.60. The van der Waals surface area contributed by atoms with Crippen molar-refractivity contribution in [1.29, 1.82) is 0 Å². The number of benzene rings is 3. The minimum Gasteiger partial charge on any atom is -0.497 e. The number of aldehydes is 1. The minimum absolute atomic E-state index is 0.628. The van der Waals surface area contributed by atoms with E-state index in [9.17, 15) is 4.79 Å². The van der Waals surface area contributed by atoms with Crippen LogP contribution in [-0.4, -0.2) is 13.4 Å². The highest BCUT2D eigenvalue weighted by molar-refractivity contribution is 9.10. The number of fused-ring (bicyclic) bond motifs is 1. The van der Waals surface area contributed by atoms with E-state index in [1.165, 1.54) is 0 Å². The smallest absolute Gasteiger partial charge is 0.150 e. The molecule has 21 heavy (non-hydrogen) atoms. The lowest BCUT2D eigenvalue weighted by Gasteiger charge is -2.09. The SMILES string of the molecule is COc1ccc(-c2ccc3c(Br)cccc3c2)c(C=O)c1. The zero-order valence-electron chi connectivity index (χ0n) is 11.5. The largest absolute Gasteiger partial charge is 0.497 e. The van der Waals surface area contributed by atoms with Gasteiger partial charge in [0.15, 0.2) is 6.29 Å². The van der Waals surface area contributed by atoms with Gasteiger partial charge in [0, 0.05) is 10.0 Å². The molecule has 0 aliphatic heterocycles. The molecule has 0 spiro atoms. The molecule has 3 heteroatoms. The molecule has 3 aromatic rings. The number of carbonyl (C=O) groups excluding carboxylic acids is 1. The van der Waals surface area contributed by atoms with Crippen LogP contribution in [-0.2, 0) is 0 Å². The molecule has 0 N–H and O–H groups in total. The van der Waals surface area contributed by atoms with Gasteiger partial charge in [-0.15, -0.1) is 0 Å². The van der Waals surface area contributed by atoms with Crippen LogP contribution in [0.4, 0.5) is 0 Å². The highest BCUT2D eigenvalue weighted by atomic mass is 79.9. The maximum Gasteiger partial charge on any atom is 0.150 e. The summed E-state index contributed by atoms with van der Waals surface area (Å²) in [6, 6.07) is 17.8. The Bertz CT molecular complexity index is 825. The summed E-state index contributed by atoms with van der Waals surface area (Å²) < 4.78 is 6.23. The summed E-state index contributed by atoms with van der Waals surface area (Å²) in [5, 5.41) is 2.29. The van der Waals surface area contributed by atoms with Crippen molar-refractivity contribution in [3.63, 3.8) is 0 Å². The lowest BCUT2D eigenvalue weighted by Crippen LogP contribution is -1.90. The highest BCUT2D eigenvalue weighted by Gasteiger charge is 2.08. The first-order valence-electron chi connectivity index (χ1n) is 6.55. The summed E-state index contributed by atoms with van der Waals surface area (Å²) in [7, 11) is 1.59. The van der Waals surface area contributed by atoms with Crippen LogP contribution in [0.2, 0.25) is 0 Å². The lowest BCUT2D eigenvalue weighted by atomic mass is 9.97. The number of methoxy groups -OCH3 is 1. The van der Waals surface area contributed by atoms with E-state index in [1.807, 2.05) is 30.3 Å². The summed E-state index contributed by atoms with van der Waals surface area (Å²) in [6.45, 7) is 0. The van der Waals surface area contributed by atoms with Crippen LogP contribution < -0.4 is 4.74 Å². The molecule has 0 bridgehead atoms. The van der Waals surface area contributed by atoms with Crippen LogP contribution in [0.15, 0.2) is 59.1 Å². The van der Waals surface area contributed by atoms with E-state index < -0.39 is 0 Å². The van der Waals surface area contributed by atoms with Crippen LogP contribution in [0.25, 0.3) is 21.9 Å². The molecule has 3 rings (SSSR count). The molecule has 0 saturated heterocycles. The standard InChI is InChI=1S/C18H13BrO2/c1-21-15-6-8-16(14(10-15)11-20)13-5-7-17-12(9-13)3-2-4-18(17)19/h2-11H,1H3. The zero-order chi connectivity index (χ0) is 14.8. The van der Waals surface area contributed by atoms with Gasteiger partial charge in [-0.3, -0.25) is 4.79 Å². The second kappa shape index (κ2) is 5.70. The normalized spacial score (nSPS) is 10.6. The molecular formula is C18H13BrO2. The summed E-state index contributed by atoms with van der Waals surface area (Å²) in [5.41, 5.74) is 2.56. The minimum atomic E-state index is 0.628. The van der Waals surface area contributed by atoms with Crippen LogP contribution in [0.1, 0.15) is 10.4 Å². The molecule has 0 radical (unpaired) electrons. The van der Waals surface area contributed by atoms with E-state index in [-0.39, 0.29) is 0 Å². The topological polar surface area (TPSA) is 26.3 Å². The molecule has 2 nitrogen and oxygen atoms in total. The Hall–Kier alpha value is -2.13. The fourth-order valence-electron chi connectivity index (χ4n) is 2.44. The monoisotopic (exact) mass is 340 g/mol. The molecule has 3 aromatic carbocycles. The average molecular weight is 341 g/mol. The molecule has 0 unspecified atom stereocenters. The first-order valence-corrected chi connectivity index (χ1v) is 7.34. The molecular weight excluding hydrogens is 328 g/mol. The number of hydrogen-bond acceptors (Lipinski definition) is 2. The third-order valence-corrected chi connectivity index (χ3v) is 4.22. The first kappa shape index (κ1) is 13.8. The van der Waals surface area contributed by atoms with E-state index in [2.05, 4.69) is 34.1 Å². The third kappa shape index (κ3) is 2.57. The van der Waals surface area contributed by atoms with Gasteiger partial charge in [-0.2, -0.15) is 0 Å². The number of carbonyl (C=O) groups is 1. The van der Waals surface area contributed by atoms with Crippen molar-refractivity contribution in [2.24, 2.45) is 0 Å². The molecule has 0 amide bonds. The van der Waals surface area contributed by atoms with Crippen molar-refractivity contribution in [1.82, 2.24) is 0 Å². The highest BCUT2D eigenvalue weighted by Crippen LogP contribution is 2.31. The Kier molecular flexibility index (Phi) is 3.76. The lowest BCUT2D eigenvalue weighted by molar-refractivity contribution is 0.112. The second-order valence-electron chi connectivity index (χ2n) is 4.75. The van der Waals surface area contributed by atoms with E-state index >= 15 is 0 Å². The Morgan fingerprint density at radius 2 is 1.90 bits per heavy atom. The summed E-state index contributed by atoms with van der Waals surface area (Å²) in [4.78, 5) is 11.3. The van der Waals surface area contributed by atoms with Gasteiger partial charge in [0.05, 0.1) is 7.11 Å². The van der Waals surface area contributed by atoms with Crippen molar-refractivity contribution < 1.29 is 9.53 Å². The fourth-order valence-corrected chi connectivity index (χ4v) is 2.95. The van der Waals surface area contributed by atoms with Gasteiger partial charge < -0.3 is 4.74 Å². The summed E-state index contributed by atoms with van der Waals surface area (Å²) in [5.74, 6) is 0.685. The van der Waals surface area contributed by atoms with Crippen molar-refractivity contribution in [2.75, 3.05) is 7.11 Å². The maximum atomic E-state index is 11.3. The third-order valence-electron chi connectivity index (χ3n) is 3.52. The Morgan fingerprint density at radius 1 is 1.05 bits per heavy atom. The van der Waals surface area contributed by atoms with Gasteiger partial charge in [0.1, 0.15) is 5.75 Å². The zero-order valence-corrected chi connectivity index (χ0v) is 13.1. The van der Waals surface area contributed by atoms with Gasteiger partial charge in [0.2, 0.25) is 0 Å². The van der Waals surface area contributed by atoms with Crippen molar-refractivity contribution in [3.8, 4) is 16.9 Å². The Balaban J connectivity index is 2.18. The first-order chi connectivity index (χ1) is 10.2. The predicted molar refractivity (Wildman–Crippen MR) is 89.0 cm³/mol. The summed E-state index contributed by atoms with van der Waals surface area (Å²) >= 11 is 3.55. The quantitative estimate of drug-likeness (QED) is 0.620. The Labute approximate surface area is 131 Å². The number of ether oxygens (including phenoxy) is 1. The van der Waals surface area contributed by atoms with E-state index in [0.29, 0.717) is 11.3 Å². The molecule has 0 aliphatic carbocycles. The fraction of sp³-hybridized carbons (Fsp3) is 0.0556. The molecule has 0 aliphatic rings. The molecule has 0 fully saturated rings. The number of rotatable bonds is 3. The van der Waals surface area contributed by atoms with Gasteiger partial charge in [0.25, 0.3) is 0 Å². The Morgan fingerprint density at radius 3 is 2.67 bits per heavy atom. The average Bonchev–Trinajstić information content (AvgIpc) is 2.54. The van der Waals surface area contributed by atoms with Crippen LogP contribution in [0.5, 0.6) is 5.75 Å². The molecule has 0 heterocycles. The van der Waals surface area contributed by atoms with E-state index in [1.54, 1.807) is 13.2 Å². The van der Waals surface area contributed by atoms with Gasteiger partial charge in [-0.1, -0.05) is 40.2 Å². The number of hydrogen-bond donors (Lipinski definition) is 0. The van der Waals surface area contributed by atoms with Crippen molar-refractivity contribution >= 4 is 33.0 Å².